The third-order valence-corrected chi connectivity index (χ3v) is 7.22. The zero-order chi connectivity index (χ0) is 16.9. The van der Waals surface area contributed by atoms with Gasteiger partial charge in [0, 0.05) is 10.8 Å². The average molecular weight is 322 g/mol. The molecule has 24 heavy (non-hydrogen) atoms. The topological polar surface area (TPSA) is 18.5 Å². The third kappa shape index (κ3) is 1.67. The fraction of sp³-hybridized carbons (Fsp3) is 0.455. The molecule has 2 fully saturated rings. The summed E-state index contributed by atoms with van der Waals surface area (Å²) in [4.78, 5) is 0. The molecule has 2 aromatic rings. The average Bonchev–Trinajstić information content (AvgIpc) is 2.62. The van der Waals surface area contributed by atoms with Gasteiger partial charge in [-0.2, -0.15) is 0 Å². The van der Waals surface area contributed by atoms with Crippen LogP contribution in [0.1, 0.15) is 37.8 Å². The molecule has 4 rings (SSSR count). The largest absolute Gasteiger partial charge is 0.497 e. The molecule has 126 valence electrons. The Bertz CT molecular complexity index is 668. The van der Waals surface area contributed by atoms with Crippen LogP contribution in [-0.2, 0) is 10.8 Å². The lowest BCUT2D eigenvalue weighted by molar-refractivity contribution is -0.155. The van der Waals surface area contributed by atoms with Crippen LogP contribution in [0.3, 0.4) is 0 Å². The van der Waals surface area contributed by atoms with E-state index in [2.05, 4.69) is 62.4 Å². The predicted octanol–water partition coefficient (Wildman–Crippen LogP) is 4.96. The molecule has 0 aromatic heterocycles. The molecule has 0 aliphatic heterocycles. The highest BCUT2D eigenvalue weighted by Gasteiger charge is 2.74. The Kier molecular flexibility index (Phi) is 3.42. The second kappa shape index (κ2) is 5.27. The fourth-order valence-corrected chi connectivity index (χ4v) is 5.80. The van der Waals surface area contributed by atoms with Gasteiger partial charge in [0.05, 0.1) is 14.2 Å². The Hall–Kier alpha value is -1.96. The van der Waals surface area contributed by atoms with Gasteiger partial charge in [-0.1, -0.05) is 38.1 Å². The van der Waals surface area contributed by atoms with E-state index >= 15 is 0 Å². The molecule has 4 atom stereocenters. The van der Waals surface area contributed by atoms with Crippen molar-refractivity contribution in [1.82, 2.24) is 0 Å². The maximum absolute atomic E-state index is 5.35. The summed E-state index contributed by atoms with van der Waals surface area (Å²) >= 11 is 0. The van der Waals surface area contributed by atoms with Gasteiger partial charge in [0.25, 0.3) is 0 Å². The molecule has 0 N–H and O–H groups in total. The van der Waals surface area contributed by atoms with Crippen LogP contribution in [-0.4, -0.2) is 14.2 Å². The number of hydrogen-bond acceptors (Lipinski definition) is 2. The zero-order valence-electron chi connectivity index (χ0n) is 15.0. The predicted molar refractivity (Wildman–Crippen MR) is 96.9 cm³/mol. The summed E-state index contributed by atoms with van der Waals surface area (Å²) in [5, 5.41) is 0. The molecule has 0 heterocycles. The van der Waals surface area contributed by atoms with E-state index < -0.39 is 0 Å². The molecule has 0 amide bonds. The summed E-state index contributed by atoms with van der Waals surface area (Å²) < 4.78 is 10.7. The van der Waals surface area contributed by atoms with Crippen LogP contribution in [0.5, 0.6) is 11.5 Å². The first kappa shape index (κ1) is 15.6. The smallest absolute Gasteiger partial charge is 0.118 e. The summed E-state index contributed by atoms with van der Waals surface area (Å²) in [5.74, 6) is 3.26. The Morgan fingerprint density at radius 2 is 1.00 bits per heavy atom. The van der Waals surface area contributed by atoms with Crippen LogP contribution in [0.15, 0.2) is 48.5 Å². The van der Waals surface area contributed by atoms with Crippen molar-refractivity contribution < 1.29 is 9.47 Å². The van der Waals surface area contributed by atoms with E-state index in [-0.39, 0.29) is 10.8 Å². The van der Waals surface area contributed by atoms with Crippen LogP contribution in [0.2, 0.25) is 0 Å². The van der Waals surface area contributed by atoms with Crippen LogP contribution in [0.25, 0.3) is 0 Å². The summed E-state index contributed by atoms with van der Waals surface area (Å²) in [7, 11) is 3.46. The van der Waals surface area contributed by atoms with E-state index in [1.807, 2.05) is 0 Å². The molecule has 0 radical (unpaired) electrons. The van der Waals surface area contributed by atoms with Gasteiger partial charge < -0.3 is 9.47 Å². The molecule has 2 aliphatic rings. The molecule has 0 saturated heterocycles. The van der Waals surface area contributed by atoms with Crippen molar-refractivity contribution >= 4 is 0 Å². The van der Waals surface area contributed by atoms with Crippen molar-refractivity contribution in [3.63, 3.8) is 0 Å². The van der Waals surface area contributed by atoms with Crippen molar-refractivity contribution in [3.05, 3.63) is 59.7 Å². The number of fused-ring (bicyclic) bond motifs is 1. The fourth-order valence-electron chi connectivity index (χ4n) is 5.80. The maximum atomic E-state index is 5.35. The molecular weight excluding hydrogens is 296 g/mol. The number of benzene rings is 2. The lowest BCUT2D eigenvalue weighted by Gasteiger charge is -2.76. The van der Waals surface area contributed by atoms with Crippen LogP contribution >= 0.6 is 0 Å². The minimum Gasteiger partial charge on any atom is -0.497 e. The van der Waals surface area contributed by atoms with Gasteiger partial charge in [0.15, 0.2) is 0 Å². The first-order valence-corrected chi connectivity index (χ1v) is 8.89. The second-order valence-electron chi connectivity index (χ2n) is 7.48. The first-order valence-electron chi connectivity index (χ1n) is 8.89. The Morgan fingerprint density at radius 3 is 1.25 bits per heavy atom. The van der Waals surface area contributed by atoms with E-state index in [1.165, 1.54) is 24.0 Å². The Labute approximate surface area is 144 Å². The van der Waals surface area contributed by atoms with Crippen molar-refractivity contribution in [3.8, 4) is 11.5 Å². The molecule has 2 aliphatic carbocycles. The van der Waals surface area contributed by atoms with E-state index in [1.54, 1.807) is 14.2 Å². The molecule has 0 spiro atoms. The highest BCUT2D eigenvalue weighted by atomic mass is 16.5. The third-order valence-electron chi connectivity index (χ3n) is 7.22. The summed E-state index contributed by atoms with van der Waals surface area (Å²) in [6, 6.07) is 17.5. The summed E-state index contributed by atoms with van der Waals surface area (Å²) in [6.07, 6.45) is 2.55. The minimum absolute atomic E-state index is 0.271. The molecule has 2 nitrogen and oxygen atoms in total. The van der Waals surface area contributed by atoms with Gasteiger partial charge >= 0.3 is 0 Å². The van der Waals surface area contributed by atoms with Gasteiger partial charge in [-0.05, 0) is 60.1 Å². The lowest BCUT2D eigenvalue weighted by Crippen LogP contribution is -2.75. The van der Waals surface area contributed by atoms with Gasteiger partial charge in [0.1, 0.15) is 11.5 Å². The van der Waals surface area contributed by atoms with Gasteiger partial charge in [0.2, 0.25) is 0 Å². The summed E-state index contributed by atoms with van der Waals surface area (Å²) in [6.45, 7) is 4.85. The van der Waals surface area contributed by atoms with Gasteiger partial charge in [-0.3, -0.25) is 0 Å². The Morgan fingerprint density at radius 1 is 0.667 bits per heavy atom. The number of rotatable bonds is 4. The van der Waals surface area contributed by atoms with Crippen LogP contribution in [0.4, 0.5) is 0 Å². The number of methoxy groups -OCH3 is 2. The number of ether oxygens (including phenoxy) is 2. The van der Waals surface area contributed by atoms with E-state index in [9.17, 15) is 0 Å². The van der Waals surface area contributed by atoms with Crippen molar-refractivity contribution in [1.29, 1.82) is 0 Å². The van der Waals surface area contributed by atoms with E-state index in [0.717, 1.165) is 11.5 Å². The SMILES string of the molecule is COc1ccc([C@]23CC[C@@]2(c2ccc(OC)cc2)[C@@H](C)[C@@H]3C)cc1. The zero-order valence-corrected chi connectivity index (χ0v) is 15.0. The minimum atomic E-state index is 0.271. The second-order valence-corrected chi connectivity index (χ2v) is 7.48. The number of hydrogen-bond donors (Lipinski definition) is 0. The van der Waals surface area contributed by atoms with Crippen molar-refractivity contribution in [2.45, 2.75) is 37.5 Å². The molecule has 0 unspecified atom stereocenters. The van der Waals surface area contributed by atoms with Gasteiger partial charge in [-0.25, -0.2) is 0 Å². The molecule has 0 bridgehead atoms. The highest BCUT2D eigenvalue weighted by Crippen LogP contribution is 2.76. The quantitative estimate of drug-likeness (QED) is 0.792. The molecule has 2 saturated carbocycles. The van der Waals surface area contributed by atoms with E-state index in [4.69, 9.17) is 9.47 Å². The standard InChI is InChI=1S/C22H26O2/c1-15-16(2)22(18-7-11-20(24-4)12-8-18)14-13-21(15,22)17-5-9-19(23-3)10-6-17/h5-12,15-16H,13-14H2,1-4H3/t15-,16-,21-,22+/m0/s1. The van der Waals surface area contributed by atoms with E-state index in [0.29, 0.717) is 11.8 Å². The highest BCUT2D eigenvalue weighted by molar-refractivity contribution is 5.52. The van der Waals surface area contributed by atoms with Crippen molar-refractivity contribution in [2.24, 2.45) is 11.8 Å². The van der Waals surface area contributed by atoms with Crippen LogP contribution in [0, 0.1) is 11.8 Å². The normalized spacial score (nSPS) is 33.8. The Balaban J connectivity index is 1.78. The summed E-state index contributed by atoms with van der Waals surface area (Å²) in [5.41, 5.74) is 3.48. The maximum Gasteiger partial charge on any atom is 0.118 e. The first-order chi connectivity index (χ1) is 11.6. The molecule has 2 aromatic carbocycles. The molecular formula is C22H26O2. The monoisotopic (exact) mass is 322 g/mol. The van der Waals surface area contributed by atoms with Gasteiger partial charge in [-0.15, -0.1) is 0 Å². The van der Waals surface area contributed by atoms with Crippen molar-refractivity contribution in [2.75, 3.05) is 14.2 Å². The lowest BCUT2D eigenvalue weighted by atomic mass is 9.26. The molecule has 2 heteroatoms. The van der Waals surface area contributed by atoms with Crippen LogP contribution < -0.4 is 9.47 Å².